The van der Waals surface area contributed by atoms with Gasteiger partial charge in [0.2, 0.25) is 0 Å². The summed E-state index contributed by atoms with van der Waals surface area (Å²) in [6, 6.07) is 16.4. The quantitative estimate of drug-likeness (QED) is 0.744. The van der Waals surface area contributed by atoms with E-state index in [1.54, 1.807) is 0 Å². The van der Waals surface area contributed by atoms with E-state index >= 15 is 0 Å². The van der Waals surface area contributed by atoms with Gasteiger partial charge in [0, 0.05) is 17.8 Å². The summed E-state index contributed by atoms with van der Waals surface area (Å²) in [5, 5.41) is 0. The fourth-order valence-corrected chi connectivity index (χ4v) is 2.29. The SMILES string of the molecule is Cc1cccc2c(CN)nc(-c3ccccc3)n12. The molecule has 0 spiro atoms. The molecule has 2 aromatic heterocycles. The molecular weight excluding hydrogens is 222 g/mol. The first kappa shape index (κ1) is 11.0. The number of hydrogen-bond donors (Lipinski definition) is 1. The first-order chi connectivity index (χ1) is 8.81. The molecule has 18 heavy (non-hydrogen) atoms. The Hall–Kier alpha value is -2.13. The molecule has 3 aromatic rings. The van der Waals surface area contributed by atoms with Crippen LogP contribution in [0.1, 0.15) is 11.4 Å². The molecule has 0 aliphatic heterocycles. The number of aromatic nitrogens is 2. The van der Waals surface area contributed by atoms with E-state index in [0.717, 1.165) is 22.6 Å². The molecule has 3 heteroatoms. The van der Waals surface area contributed by atoms with Gasteiger partial charge in [-0.2, -0.15) is 0 Å². The van der Waals surface area contributed by atoms with Crippen molar-refractivity contribution < 1.29 is 0 Å². The number of pyridine rings is 1. The van der Waals surface area contributed by atoms with Crippen molar-refractivity contribution in [3.05, 3.63) is 59.9 Å². The highest BCUT2D eigenvalue weighted by Crippen LogP contribution is 2.23. The average Bonchev–Trinajstić information content (AvgIpc) is 2.80. The Morgan fingerprint density at radius 3 is 2.56 bits per heavy atom. The Bertz CT molecular complexity index is 684. The van der Waals surface area contributed by atoms with E-state index in [1.165, 1.54) is 5.69 Å². The third kappa shape index (κ3) is 1.60. The predicted molar refractivity (Wildman–Crippen MR) is 73.3 cm³/mol. The predicted octanol–water partition coefficient (Wildman–Crippen LogP) is 2.77. The van der Waals surface area contributed by atoms with E-state index in [0.29, 0.717) is 6.54 Å². The molecule has 2 heterocycles. The van der Waals surface area contributed by atoms with Crippen LogP contribution in [0.2, 0.25) is 0 Å². The Balaban J connectivity index is 2.36. The van der Waals surface area contributed by atoms with E-state index in [9.17, 15) is 0 Å². The maximum Gasteiger partial charge on any atom is 0.145 e. The summed E-state index contributed by atoms with van der Waals surface area (Å²) in [7, 11) is 0. The zero-order valence-corrected chi connectivity index (χ0v) is 10.3. The normalized spacial score (nSPS) is 11.0. The molecule has 3 nitrogen and oxygen atoms in total. The molecule has 0 saturated carbocycles. The minimum absolute atomic E-state index is 0.458. The lowest BCUT2D eigenvalue weighted by molar-refractivity contribution is 1.02. The zero-order chi connectivity index (χ0) is 12.5. The lowest BCUT2D eigenvalue weighted by atomic mass is 10.2. The molecule has 0 saturated heterocycles. The van der Waals surface area contributed by atoms with Crippen LogP contribution in [-0.4, -0.2) is 9.38 Å². The van der Waals surface area contributed by atoms with Crippen molar-refractivity contribution in [2.75, 3.05) is 0 Å². The molecule has 3 rings (SSSR count). The fourth-order valence-electron chi connectivity index (χ4n) is 2.29. The summed E-state index contributed by atoms with van der Waals surface area (Å²) in [6.45, 7) is 2.54. The molecule has 0 radical (unpaired) electrons. The van der Waals surface area contributed by atoms with Crippen LogP contribution in [0.3, 0.4) is 0 Å². The van der Waals surface area contributed by atoms with Gasteiger partial charge in [-0.1, -0.05) is 36.4 Å². The third-order valence-electron chi connectivity index (χ3n) is 3.16. The van der Waals surface area contributed by atoms with Crippen molar-refractivity contribution in [3.63, 3.8) is 0 Å². The van der Waals surface area contributed by atoms with Gasteiger partial charge in [-0.15, -0.1) is 0 Å². The number of imidazole rings is 1. The topological polar surface area (TPSA) is 43.3 Å². The first-order valence-corrected chi connectivity index (χ1v) is 6.03. The number of fused-ring (bicyclic) bond motifs is 1. The fraction of sp³-hybridized carbons (Fsp3) is 0.133. The van der Waals surface area contributed by atoms with E-state index in [2.05, 4.69) is 40.6 Å². The second kappa shape index (κ2) is 4.27. The van der Waals surface area contributed by atoms with Gasteiger partial charge in [0.15, 0.2) is 0 Å². The molecule has 0 aliphatic carbocycles. The van der Waals surface area contributed by atoms with Crippen molar-refractivity contribution >= 4 is 5.52 Å². The number of benzene rings is 1. The molecule has 0 bridgehead atoms. The largest absolute Gasteiger partial charge is 0.325 e. The van der Waals surface area contributed by atoms with Crippen molar-refractivity contribution in [1.82, 2.24) is 9.38 Å². The van der Waals surface area contributed by atoms with Gasteiger partial charge >= 0.3 is 0 Å². The van der Waals surface area contributed by atoms with E-state index in [-0.39, 0.29) is 0 Å². The van der Waals surface area contributed by atoms with Crippen molar-refractivity contribution in [2.24, 2.45) is 5.73 Å². The maximum atomic E-state index is 5.78. The van der Waals surface area contributed by atoms with Gasteiger partial charge in [0.1, 0.15) is 5.82 Å². The van der Waals surface area contributed by atoms with Crippen LogP contribution in [-0.2, 0) is 6.54 Å². The van der Waals surface area contributed by atoms with E-state index in [4.69, 9.17) is 5.73 Å². The Morgan fingerprint density at radius 1 is 1.06 bits per heavy atom. The smallest absolute Gasteiger partial charge is 0.145 e. The number of rotatable bonds is 2. The van der Waals surface area contributed by atoms with Crippen LogP contribution in [0.15, 0.2) is 48.5 Å². The van der Waals surface area contributed by atoms with Gasteiger partial charge in [0.25, 0.3) is 0 Å². The molecule has 90 valence electrons. The van der Waals surface area contributed by atoms with Crippen LogP contribution in [0.5, 0.6) is 0 Å². The number of nitrogens with two attached hydrogens (primary N) is 1. The number of aryl methyl sites for hydroxylation is 1. The van der Waals surface area contributed by atoms with Crippen molar-refractivity contribution in [1.29, 1.82) is 0 Å². The van der Waals surface area contributed by atoms with E-state index < -0.39 is 0 Å². The van der Waals surface area contributed by atoms with Gasteiger partial charge in [-0.3, -0.25) is 4.40 Å². The second-order valence-corrected chi connectivity index (χ2v) is 4.34. The lowest BCUT2D eigenvalue weighted by Crippen LogP contribution is -1.97. The standard InChI is InChI=1S/C15H15N3/c1-11-6-5-9-14-13(10-16)17-15(18(11)14)12-7-3-2-4-8-12/h2-9H,10,16H2,1H3. The van der Waals surface area contributed by atoms with Crippen molar-refractivity contribution in [2.45, 2.75) is 13.5 Å². The van der Waals surface area contributed by atoms with Crippen molar-refractivity contribution in [3.8, 4) is 11.4 Å². The maximum absolute atomic E-state index is 5.78. The Kier molecular flexibility index (Phi) is 2.61. The molecule has 0 aliphatic rings. The molecular formula is C15H15N3. The monoisotopic (exact) mass is 237 g/mol. The molecule has 1 aromatic carbocycles. The van der Waals surface area contributed by atoms with Gasteiger partial charge < -0.3 is 5.73 Å². The molecule has 0 unspecified atom stereocenters. The summed E-state index contributed by atoms with van der Waals surface area (Å²) in [5.41, 5.74) is 10.1. The summed E-state index contributed by atoms with van der Waals surface area (Å²) in [5.74, 6) is 0.962. The highest BCUT2D eigenvalue weighted by molar-refractivity contribution is 5.66. The van der Waals surface area contributed by atoms with Gasteiger partial charge in [-0.25, -0.2) is 4.98 Å². The summed E-state index contributed by atoms with van der Waals surface area (Å²) in [4.78, 5) is 4.68. The van der Waals surface area contributed by atoms with Crippen LogP contribution in [0.4, 0.5) is 0 Å². The summed E-state index contributed by atoms with van der Waals surface area (Å²) < 4.78 is 2.16. The molecule has 0 fully saturated rings. The number of nitrogens with zero attached hydrogens (tertiary/aromatic N) is 2. The highest BCUT2D eigenvalue weighted by atomic mass is 15.0. The highest BCUT2D eigenvalue weighted by Gasteiger charge is 2.12. The van der Waals surface area contributed by atoms with E-state index in [1.807, 2.05) is 24.3 Å². The zero-order valence-electron chi connectivity index (χ0n) is 10.3. The molecule has 2 N–H and O–H groups in total. The van der Waals surface area contributed by atoms with Crippen LogP contribution < -0.4 is 5.73 Å². The number of hydrogen-bond acceptors (Lipinski definition) is 2. The lowest BCUT2D eigenvalue weighted by Gasteiger charge is -2.04. The van der Waals surface area contributed by atoms with Gasteiger partial charge in [-0.05, 0) is 19.1 Å². The third-order valence-corrected chi connectivity index (χ3v) is 3.16. The molecule has 0 atom stereocenters. The average molecular weight is 237 g/mol. The molecule has 0 amide bonds. The van der Waals surface area contributed by atoms with Crippen LogP contribution in [0.25, 0.3) is 16.9 Å². The van der Waals surface area contributed by atoms with Crippen LogP contribution >= 0.6 is 0 Å². The summed E-state index contributed by atoms with van der Waals surface area (Å²) >= 11 is 0. The first-order valence-electron chi connectivity index (χ1n) is 6.03. The van der Waals surface area contributed by atoms with Gasteiger partial charge in [0.05, 0.1) is 11.2 Å². The minimum Gasteiger partial charge on any atom is -0.325 e. The summed E-state index contributed by atoms with van der Waals surface area (Å²) in [6.07, 6.45) is 0. The van der Waals surface area contributed by atoms with Crippen LogP contribution in [0, 0.1) is 6.92 Å². The Labute approximate surface area is 106 Å². The minimum atomic E-state index is 0.458. The Morgan fingerprint density at radius 2 is 1.83 bits per heavy atom. The second-order valence-electron chi connectivity index (χ2n) is 4.34.